The Hall–Kier alpha value is -2.54. The number of fused-ring (bicyclic) bond motifs is 1. The second kappa shape index (κ2) is 6.92. The van der Waals surface area contributed by atoms with Crippen LogP contribution in [0.5, 0.6) is 0 Å². The Morgan fingerprint density at radius 1 is 1.21 bits per heavy atom. The van der Waals surface area contributed by atoms with Crippen molar-refractivity contribution in [2.45, 2.75) is 17.7 Å². The van der Waals surface area contributed by atoms with Gasteiger partial charge in [-0.05, 0) is 11.6 Å². The molecule has 0 amide bonds. The van der Waals surface area contributed by atoms with Gasteiger partial charge in [-0.2, -0.15) is 0 Å². The van der Waals surface area contributed by atoms with E-state index in [0.29, 0.717) is 10.8 Å². The zero-order valence-corrected chi connectivity index (χ0v) is 13.7. The number of pyridine rings is 1. The third-order valence-corrected chi connectivity index (χ3v) is 4.85. The second-order valence-corrected chi connectivity index (χ2v) is 6.18. The number of esters is 2. The molecule has 1 aromatic heterocycles. The van der Waals surface area contributed by atoms with Crippen LogP contribution in [0, 0.1) is 0 Å². The van der Waals surface area contributed by atoms with E-state index in [1.807, 2.05) is 30.3 Å². The zero-order valence-electron chi connectivity index (χ0n) is 12.9. The van der Waals surface area contributed by atoms with Crippen LogP contribution in [0.2, 0.25) is 0 Å². The Kier molecular flexibility index (Phi) is 4.71. The maximum Gasteiger partial charge on any atom is 0.341 e. The molecule has 3 rings (SSSR count). The van der Waals surface area contributed by atoms with Gasteiger partial charge in [0, 0.05) is 11.8 Å². The van der Waals surface area contributed by atoms with Crippen molar-refractivity contribution in [3.63, 3.8) is 0 Å². The Morgan fingerprint density at radius 2 is 1.96 bits per heavy atom. The van der Waals surface area contributed by atoms with Gasteiger partial charge in [0.2, 0.25) is 0 Å². The smallest absolute Gasteiger partial charge is 0.341 e. The molecule has 1 aromatic carbocycles. The predicted octanol–water partition coefficient (Wildman–Crippen LogP) is 2.03. The van der Waals surface area contributed by atoms with Crippen molar-refractivity contribution in [3.8, 4) is 0 Å². The summed E-state index contributed by atoms with van der Waals surface area (Å²) in [5.41, 5.74) is 0.808. The molecule has 1 atom stereocenters. The summed E-state index contributed by atoms with van der Waals surface area (Å²) in [6.07, 6.45) is 0. The maximum atomic E-state index is 12.4. The van der Waals surface area contributed by atoms with E-state index in [4.69, 9.17) is 9.47 Å². The van der Waals surface area contributed by atoms with E-state index in [2.05, 4.69) is 0 Å². The van der Waals surface area contributed by atoms with Crippen LogP contribution in [0.25, 0.3) is 0 Å². The molecule has 0 spiro atoms. The fraction of sp³-hybridized carbons (Fsp3) is 0.235. The van der Waals surface area contributed by atoms with Gasteiger partial charge in [-0.25, -0.2) is 9.59 Å². The van der Waals surface area contributed by atoms with Crippen LogP contribution in [0.1, 0.15) is 22.0 Å². The number of ether oxygens (including phenoxy) is 2. The topological polar surface area (TPSA) is 74.6 Å². The highest BCUT2D eigenvalue weighted by Gasteiger charge is 2.33. The molecule has 6 nitrogen and oxygen atoms in total. The van der Waals surface area contributed by atoms with Crippen molar-refractivity contribution in [1.82, 2.24) is 4.57 Å². The first-order valence-corrected chi connectivity index (χ1v) is 8.27. The average molecular weight is 345 g/mol. The first-order chi connectivity index (χ1) is 11.6. The normalized spacial score (nSPS) is 15.6. The van der Waals surface area contributed by atoms with E-state index in [1.54, 1.807) is 0 Å². The van der Waals surface area contributed by atoms with Crippen LogP contribution in [0.15, 0.2) is 52.3 Å². The lowest BCUT2D eigenvalue weighted by molar-refractivity contribution is -0.143. The van der Waals surface area contributed by atoms with Crippen LogP contribution in [-0.4, -0.2) is 29.4 Å². The first kappa shape index (κ1) is 16.3. The summed E-state index contributed by atoms with van der Waals surface area (Å²) in [6.45, 7) is 0.142. The molecule has 1 aliphatic rings. The quantitative estimate of drug-likeness (QED) is 0.790. The maximum absolute atomic E-state index is 12.4. The minimum absolute atomic E-state index is 0.142. The van der Waals surface area contributed by atoms with Crippen molar-refractivity contribution in [3.05, 3.63) is 63.9 Å². The molecule has 0 saturated carbocycles. The van der Waals surface area contributed by atoms with Gasteiger partial charge in [0.15, 0.2) is 0 Å². The molecular formula is C17H15NO5S. The molecule has 0 bridgehead atoms. The lowest BCUT2D eigenvalue weighted by atomic mass is 10.2. The summed E-state index contributed by atoms with van der Waals surface area (Å²) in [6, 6.07) is 11.3. The van der Waals surface area contributed by atoms with Gasteiger partial charge < -0.3 is 9.47 Å². The molecule has 0 fully saturated rings. The highest BCUT2D eigenvalue weighted by atomic mass is 32.2. The lowest BCUT2D eigenvalue weighted by Gasteiger charge is -2.12. The molecular weight excluding hydrogens is 330 g/mol. The van der Waals surface area contributed by atoms with Crippen LogP contribution in [0.3, 0.4) is 0 Å². The molecule has 2 heterocycles. The molecule has 0 radical (unpaired) electrons. The number of carbonyl (C=O) groups is 2. The van der Waals surface area contributed by atoms with E-state index >= 15 is 0 Å². The predicted molar refractivity (Wildman–Crippen MR) is 88.0 cm³/mol. The SMILES string of the molecule is COC(=O)[C@@H]1CSc2c(C(=O)OCc3ccccc3)ccc(=O)n21. The van der Waals surface area contributed by atoms with Crippen molar-refractivity contribution >= 4 is 23.7 Å². The fourth-order valence-electron chi connectivity index (χ4n) is 2.48. The third-order valence-electron chi connectivity index (χ3n) is 3.67. The molecule has 7 heteroatoms. The largest absolute Gasteiger partial charge is 0.467 e. The van der Waals surface area contributed by atoms with Gasteiger partial charge in [-0.3, -0.25) is 9.36 Å². The van der Waals surface area contributed by atoms with Crippen molar-refractivity contribution < 1.29 is 19.1 Å². The number of hydrogen-bond donors (Lipinski definition) is 0. The molecule has 0 unspecified atom stereocenters. The van der Waals surface area contributed by atoms with Gasteiger partial charge in [0.1, 0.15) is 12.6 Å². The Balaban J connectivity index is 1.85. The summed E-state index contributed by atoms with van der Waals surface area (Å²) in [4.78, 5) is 36.3. The first-order valence-electron chi connectivity index (χ1n) is 7.29. The number of carbonyl (C=O) groups excluding carboxylic acids is 2. The van der Waals surface area contributed by atoms with Gasteiger partial charge in [-0.15, -0.1) is 11.8 Å². The van der Waals surface area contributed by atoms with Crippen LogP contribution in [-0.2, 0) is 20.9 Å². The Morgan fingerprint density at radius 3 is 2.67 bits per heavy atom. The minimum Gasteiger partial charge on any atom is -0.467 e. The molecule has 124 valence electrons. The van der Waals surface area contributed by atoms with Crippen LogP contribution >= 0.6 is 11.8 Å². The van der Waals surface area contributed by atoms with Crippen molar-refractivity contribution in [2.75, 3.05) is 12.9 Å². The molecule has 0 saturated heterocycles. The molecule has 24 heavy (non-hydrogen) atoms. The summed E-state index contributed by atoms with van der Waals surface area (Å²) in [5.74, 6) is -0.677. The summed E-state index contributed by atoms with van der Waals surface area (Å²) in [5, 5.41) is 0.441. The third kappa shape index (κ3) is 3.07. The van der Waals surface area contributed by atoms with Crippen LogP contribution in [0.4, 0.5) is 0 Å². The monoisotopic (exact) mass is 345 g/mol. The summed E-state index contributed by atoms with van der Waals surface area (Å²) in [7, 11) is 1.27. The number of nitrogens with zero attached hydrogens (tertiary/aromatic N) is 1. The molecule has 0 N–H and O–H groups in total. The Bertz CT molecular complexity index is 831. The average Bonchev–Trinajstić information content (AvgIpc) is 3.06. The standard InChI is InChI=1S/C17H15NO5S/c1-22-17(21)13-10-24-15-12(7-8-14(19)18(13)15)16(20)23-9-11-5-3-2-4-6-11/h2-8,13H,9-10H2,1H3/t13-/m0/s1. The second-order valence-electron chi connectivity index (χ2n) is 5.17. The Labute approximate surface area is 142 Å². The zero-order chi connectivity index (χ0) is 17.1. The number of thioether (sulfide) groups is 1. The van der Waals surface area contributed by atoms with Gasteiger partial charge in [0.05, 0.1) is 17.7 Å². The molecule has 2 aromatic rings. The molecule has 0 aliphatic carbocycles. The summed E-state index contributed by atoms with van der Waals surface area (Å²) < 4.78 is 11.3. The number of rotatable bonds is 4. The van der Waals surface area contributed by atoms with Gasteiger partial charge >= 0.3 is 11.9 Å². The fourth-order valence-corrected chi connectivity index (χ4v) is 3.74. The molecule has 1 aliphatic heterocycles. The van der Waals surface area contributed by atoms with E-state index in [-0.39, 0.29) is 17.7 Å². The van der Waals surface area contributed by atoms with Gasteiger partial charge in [-0.1, -0.05) is 30.3 Å². The van der Waals surface area contributed by atoms with Gasteiger partial charge in [0.25, 0.3) is 5.56 Å². The van der Waals surface area contributed by atoms with E-state index in [0.717, 1.165) is 5.56 Å². The number of benzene rings is 1. The highest BCUT2D eigenvalue weighted by Crippen LogP contribution is 2.35. The number of aromatic nitrogens is 1. The minimum atomic E-state index is -0.718. The van der Waals surface area contributed by atoms with E-state index in [1.165, 1.54) is 35.6 Å². The van der Waals surface area contributed by atoms with Crippen LogP contribution < -0.4 is 5.56 Å². The van der Waals surface area contributed by atoms with E-state index < -0.39 is 18.0 Å². The van der Waals surface area contributed by atoms with E-state index in [9.17, 15) is 14.4 Å². The highest BCUT2D eigenvalue weighted by molar-refractivity contribution is 7.99. The number of methoxy groups -OCH3 is 1. The summed E-state index contributed by atoms with van der Waals surface area (Å²) >= 11 is 1.27. The lowest BCUT2D eigenvalue weighted by Crippen LogP contribution is -2.30. The van der Waals surface area contributed by atoms with Crippen molar-refractivity contribution in [2.24, 2.45) is 0 Å². The number of hydrogen-bond acceptors (Lipinski definition) is 6. The van der Waals surface area contributed by atoms with Crippen molar-refractivity contribution in [1.29, 1.82) is 0 Å².